The highest BCUT2D eigenvalue weighted by Gasteiger charge is 2.03. The molecular weight excluding hydrogens is 162 g/mol. The van der Waals surface area contributed by atoms with Gasteiger partial charge in [0.05, 0.1) is 6.42 Å². The van der Waals surface area contributed by atoms with Crippen molar-refractivity contribution < 1.29 is 6.22 Å². The van der Waals surface area contributed by atoms with Crippen molar-refractivity contribution in [2.75, 3.05) is 6.54 Å². The van der Waals surface area contributed by atoms with Crippen molar-refractivity contribution in [3.63, 3.8) is 0 Å². The molecule has 0 aromatic carbocycles. The summed E-state index contributed by atoms with van der Waals surface area (Å²) < 4.78 is 0. The van der Waals surface area contributed by atoms with E-state index < -0.39 is 0 Å². The predicted molar refractivity (Wildman–Crippen MR) is 56.5 cm³/mol. The Morgan fingerprint density at radius 1 is 1.62 bits per heavy atom. The molecule has 0 spiro atoms. The average molecular weight is 181 g/mol. The van der Waals surface area contributed by atoms with Crippen LogP contribution in [0.15, 0.2) is 23.8 Å². The van der Waals surface area contributed by atoms with Gasteiger partial charge < -0.3 is 5.32 Å². The van der Waals surface area contributed by atoms with Crippen LogP contribution in [0.3, 0.4) is 0 Å². The Balaban J connectivity index is 0.00000169. The van der Waals surface area contributed by atoms with Crippen molar-refractivity contribution in [1.82, 2.24) is 5.32 Å². The van der Waals surface area contributed by atoms with Crippen LogP contribution in [0.2, 0.25) is 0 Å². The second-order valence-corrected chi connectivity index (χ2v) is 3.29. The van der Waals surface area contributed by atoms with Crippen LogP contribution in [0.1, 0.15) is 34.0 Å². The third kappa shape index (κ3) is 3.92. The maximum Gasteiger partial charge on any atom is 0.224 e. The quantitative estimate of drug-likeness (QED) is 0.709. The highest BCUT2D eigenvalue weighted by molar-refractivity contribution is 5.79. The van der Waals surface area contributed by atoms with Gasteiger partial charge in [0.2, 0.25) is 5.91 Å². The van der Waals surface area contributed by atoms with Gasteiger partial charge in [0.15, 0.2) is 0 Å². The maximum atomic E-state index is 11.3. The van der Waals surface area contributed by atoms with Crippen molar-refractivity contribution in [3.8, 4) is 0 Å². The number of carbonyl (C=O) groups is 1. The summed E-state index contributed by atoms with van der Waals surface area (Å²) in [5.41, 5.74) is 1.15. The van der Waals surface area contributed by atoms with Gasteiger partial charge in [-0.3, -0.25) is 4.79 Å². The van der Waals surface area contributed by atoms with E-state index in [4.69, 9.17) is 0 Å². The zero-order valence-corrected chi connectivity index (χ0v) is 8.18. The molecule has 0 unspecified atom stereocenters. The summed E-state index contributed by atoms with van der Waals surface area (Å²) >= 11 is 0. The third-order valence-corrected chi connectivity index (χ3v) is 2.01. The van der Waals surface area contributed by atoms with Gasteiger partial charge in [0.1, 0.15) is 0 Å². The molecule has 0 aliphatic heterocycles. The van der Waals surface area contributed by atoms with E-state index in [0.717, 1.165) is 31.4 Å². The molecule has 2 nitrogen and oxygen atoms in total. The molecule has 0 radical (unpaired) electrons. The number of hydrogen-bond donors (Lipinski definition) is 1. The molecule has 0 heterocycles. The van der Waals surface area contributed by atoms with Gasteiger partial charge in [0, 0.05) is 7.97 Å². The van der Waals surface area contributed by atoms with Crippen LogP contribution < -0.4 is 5.32 Å². The van der Waals surface area contributed by atoms with Gasteiger partial charge in [-0.25, -0.2) is 0 Å². The van der Waals surface area contributed by atoms with E-state index in [1.54, 1.807) is 0 Å². The Hall–Kier alpha value is -1.05. The number of carbonyl (C=O) groups excluding carboxylic acids is 1. The van der Waals surface area contributed by atoms with Crippen molar-refractivity contribution in [1.29, 1.82) is 0 Å². The van der Waals surface area contributed by atoms with Crippen LogP contribution in [0.4, 0.5) is 0 Å². The molecule has 0 aromatic heterocycles. The molecule has 13 heavy (non-hydrogen) atoms. The van der Waals surface area contributed by atoms with E-state index in [-0.39, 0.29) is 7.33 Å². The Labute approximate surface area is 81.2 Å². The average Bonchev–Trinajstić information content (AvgIpc) is 2.16. The second kappa shape index (κ2) is 5.57. The number of allylic oxidation sites excluding steroid dienone is 3. The Kier molecular flexibility index (Phi) is 4.30. The van der Waals surface area contributed by atoms with Crippen LogP contribution >= 0.6 is 0 Å². The molecule has 1 amide bonds. The van der Waals surface area contributed by atoms with Crippen LogP contribution in [-0.2, 0) is 4.79 Å². The van der Waals surface area contributed by atoms with Crippen LogP contribution in [0.5, 0.6) is 0 Å². The third-order valence-electron chi connectivity index (χ3n) is 2.01. The van der Waals surface area contributed by atoms with Gasteiger partial charge >= 0.3 is 0 Å². The topological polar surface area (TPSA) is 29.1 Å². The molecule has 0 bridgehead atoms. The Bertz CT molecular complexity index is 233. The largest absolute Gasteiger partial charge is 0.356 e. The van der Waals surface area contributed by atoms with Crippen molar-refractivity contribution in [3.05, 3.63) is 23.8 Å². The van der Waals surface area contributed by atoms with Gasteiger partial charge in [-0.15, -0.1) is 0 Å². The lowest BCUT2D eigenvalue weighted by Gasteiger charge is -2.06. The molecule has 0 fully saturated rings. The standard InChI is InChI=1S/C11H17NO.H2/c1-2-8-12-11(13)9-10-6-4-3-5-7-10;/h4,6-7H,2-3,5,8-9H2,1H3,(H,12,13);1H. The Morgan fingerprint density at radius 3 is 3.08 bits per heavy atom. The lowest BCUT2D eigenvalue weighted by molar-refractivity contribution is -0.120. The first-order chi connectivity index (χ1) is 6.33. The number of rotatable bonds is 4. The summed E-state index contributed by atoms with van der Waals surface area (Å²) in [6.07, 6.45) is 10.0. The molecular formula is C11H19NO. The Morgan fingerprint density at radius 2 is 2.46 bits per heavy atom. The minimum absolute atomic E-state index is 0. The maximum absolute atomic E-state index is 11.3. The first kappa shape index (κ1) is 10.0. The highest BCUT2D eigenvalue weighted by Crippen LogP contribution is 2.12. The van der Waals surface area contributed by atoms with E-state index in [1.165, 1.54) is 0 Å². The van der Waals surface area contributed by atoms with E-state index in [1.807, 2.05) is 0 Å². The SMILES string of the molecule is CCCNC(=O)CC1=CCCC=C1.[HH]. The summed E-state index contributed by atoms with van der Waals surface area (Å²) in [4.78, 5) is 11.3. The minimum atomic E-state index is 0. The van der Waals surface area contributed by atoms with E-state index in [2.05, 4.69) is 30.5 Å². The molecule has 0 aromatic rings. The number of amides is 1. The molecule has 1 rings (SSSR count). The molecule has 74 valence electrons. The van der Waals surface area contributed by atoms with Gasteiger partial charge in [-0.2, -0.15) is 0 Å². The summed E-state index contributed by atoms with van der Waals surface area (Å²) in [6, 6.07) is 0. The lowest BCUT2D eigenvalue weighted by atomic mass is 10.0. The lowest BCUT2D eigenvalue weighted by Crippen LogP contribution is -2.23. The first-order valence-electron chi connectivity index (χ1n) is 4.95. The normalized spacial score (nSPS) is 15.3. The van der Waals surface area contributed by atoms with Gasteiger partial charge in [-0.05, 0) is 24.8 Å². The first-order valence-corrected chi connectivity index (χ1v) is 4.95. The van der Waals surface area contributed by atoms with E-state index in [9.17, 15) is 4.79 Å². The molecule has 1 aliphatic rings. The second-order valence-electron chi connectivity index (χ2n) is 3.29. The van der Waals surface area contributed by atoms with Crippen molar-refractivity contribution in [2.45, 2.75) is 32.6 Å². The van der Waals surface area contributed by atoms with Crippen molar-refractivity contribution >= 4 is 5.91 Å². The molecule has 1 N–H and O–H groups in total. The minimum Gasteiger partial charge on any atom is -0.356 e. The molecule has 0 saturated carbocycles. The van der Waals surface area contributed by atoms with E-state index in [0.29, 0.717) is 6.42 Å². The summed E-state index contributed by atoms with van der Waals surface area (Å²) in [5, 5.41) is 2.87. The van der Waals surface area contributed by atoms with Crippen LogP contribution in [0, 0.1) is 0 Å². The predicted octanol–water partition coefficient (Wildman–Crippen LogP) is 2.43. The fourth-order valence-corrected chi connectivity index (χ4v) is 1.31. The zero-order valence-electron chi connectivity index (χ0n) is 8.18. The monoisotopic (exact) mass is 181 g/mol. The fourth-order valence-electron chi connectivity index (χ4n) is 1.31. The number of nitrogens with one attached hydrogen (secondary N) is 1. The molecule has 1 aliphatic carbocycles. The zero-order chi connectivity index (χ0) is 9.52. The number of hydrogen-bond acceptors (Lipinski definition) is 1. The smallest absolute Gasteiger partial charge is 0.224 e. The summed E-state index contributed by atoms with van der Waals surface area (Å²) in [7, 11) is 0. The van der Waals surface area contributed by atoms with E-state index >= 15 is 0 Å². The fraction of sp³-hybridized carbons (Fsp3) is 0.545. The van der Waals surface area contributed by atoms with Crippen LogP contribution in [0.25, 0.3) is 0 Å². The molecule has 2 heteroatoms. The van der Waals surface area contributed by atoms with Gasteiger partial charge in [0.25, 0.3) is 0 Å². The van der Waals surface area contributed by atoms with Gasteiger partial charge in [-0.1, -0.05) is 25.2 Å². The summed E-state index contributed by atoms with van der Waals surface area (Å²) in [6.45, 7) is 2.84. The highest BCUT2D eigenvalue weighted by atomic mass is 16.1. The van der Waals surface area contributed by atoms with Crippen molar-refractivity contribution in [2.24, 2.45) is 0 Å². The molecule has 0 atom stereocenters. The molecule has 0 saturated heterocycles. The van der Waals surface area contributed by atoms with Crippen LogP contribution in [-0.4, -0.2) is 12.5 Å². The summed E-state index contributed by atoms with van der Waals surface area (Å²) in [5.74, 6) is 0.139.